The van der Waals surface area contributed by atoms with E-state index in [9.17, 15) is 14.4 Å². The number of thiocarbonyl (C=S) groups is 1. The highest BCUT2D eigenvalue weighted by atomic mass is 32.1. The molecule has 0 radical (unpaired) electrons. The second-order valence-corrected chi connectivity index (χ2v) is 4.75. The minimum absolute atomic E-state index is 0.0109. The van der Waals surface area contributed by atoms with Gasteiger partial charge in [-0.05, 0) is 30.4 Å². The molecular weight excluding hydrogens is 306 g/mol. The summed E-state index contributed by atoms with van der Waals surface area (Å²) in [5.74, 6) is -1.03. The van der Waals surface area contributed by atoms with Crippen molar-refractivity contribution in [3.05, 3.63) is 24.3 Å². The number of carbonyl (C=O) groups excluding carboxylic acids is 3. The molecule has 0 bridgehead atoms. The SMILES string of the molecule is COC(=O)CCC(=O)NC(=S)Nc1cccc(NC(C)=O)c1. The number of amides is 2. The van der Waals surface area contributed by atoms with E-state index in [0.29, 0.717) is 11.4 Å². The van der Waals surface area contributed by atoms with Gasteiger partial charge in [0.2, 0.25) is 11.8 Å². The number of ether oxygens (including phenoxy) is 1. The quantitative estimate of drug-likeness (QED) is 0.560. The smallest absolute Gasteiger partial charge is 0.306 e. The number of hydrogen-bond donors (Lipinski definition) is 3. The lowest BCUT2D eigenvalue weighted by atomic mass is 10.2. The van der Waals surface area contributed by atoms with Gasteiger partial charge in [0, 0.05) is 24.7 Å². The number of hydrogen-bond acceptors (Lipinski definition) is 5. The Morgan fingerprint density at radius 2 is 1.77 bits per heavy atom. The number of nitrogens with one attached hydrogen (secondary N) is 3. The summed E-state index contributed by atoms with van der Waals surface area (Å²) in [5.41, 5.74) is 1.22. The molecule has 1 aromatic rings. The lowest BCUT2D eigenvalue weighted by Gasteiger charge is -2.10. The molecular formula is C14H17N3O4S. The fourth-order valence-corrected chi connectivity index (χ4v) is 1.78. The summed E-state index contributed by atoms with van der Waals surface area (Å²) in [6, 6.07) is 6.87. The van der Waals surface area contributed by atoms with Crippen LogP contribution < -0.4 is 16.0 Å². The maximum atomic E-state index is 11.6. The molecule has 0 aromatic heterocycles. The second kappa shape index (κ2) is 8.73. The summed E-state index contributed by atoms with van der Waals surface area (Å²) in [4.78, 5) is 33.5. The molecule has 0 aliphatic heterocycles. The summed E-state index contributed by atoms with van der Waals surface area (Å²) < 4.78 is 4.44. The van der Waals surface area contributed by atoms with Crippen LogP contribution in [-0.4, -0.2) is 30.0 Å². The maximum absolute atomic E-state index is 11.6. The minimum Gasteiger partial charge on any atom is -0.469 e. The van der Waals surface area contributed by atoms with E-state index in [2.05, 4.69) is 20.7 Å². The predicted molar refractivity (Wildman–Crippen MR) is 86.4 cm³/mol. The van der Waals surface area contributed by atoms with Gasteiger partial charge in [0.1, 0.15) is 0 Å². The van der Waals surface area contributed by atoms with E-state index in [-0.39, 0.29) is 29.8 Å². The third-order valence-corrected chi connectivity index (χ3v) is 2.68. The number of rotatable bonds is 5. The van der Waals surface area contributed by atoms with Gasteiger partial charge in [-0.1, -0.05) is 6.07 Å². The van der Waals surface area contributed by atoms with Gasteiger partial charge < -0.3 is 20.7 Å². The number of esters is 1. The first-order valence-corrected chi connectivity index (χ1v) is 6.87. The van der Waals surface area contributed by atoms with Crippen molar-refractivity contribution >= 4 is 46.5 Å². The standard InChI is InChI=1S/C14H17N3O4S/c1-9(18)15-10-4-3-5-11(8-10)16-14(22)17-12(19)6-7-13(20)21-2/h3-5,8H,6-7H2,1-2H3,(H,15,18)(H2,16,17,19,22). The first kappa shape index (κ1) is 17.6. The molecule has 1 aromatic carbocycles. The Morgan fingerprint density at radius 3 is 2.36 bits per heavy atom. The fraction of sp³-hybridized carbons (Fsp3) is 0.286. The molecule has 118 valence electrons. The molecule has 0 fully saturated rings. The van der Waals surface area contributed by atoms with Crippen LogP contribution in [0.3, 0.4) is 0 Å². The van der Waals surface area contributed by atoms with Crippen LogP contribution in [0.15, 0.2) is 24.3 Å². The van der Waals surface area contributed by atoms with Crippen LogP contribution in [0.2, 0.25) is 0 Å². The largest absolute Gasteiger partial charge is 0.469 e. The lowest BCUT2D eigenvalue weighted by molar-refractivity contribution is -0.142. The van der Waals surface area contributed by atoms with Crippen LogP contribution in [0, 0.1) is 0 Å². The molecule has 2 amide bonds. The van der Waals surface area contributed by atoms with Crippen molar-refractivity contribution < 1.29 is 19.1 Å². The van der Waals surface area contributed by atoms with Gasteiger partial charge in [-0.15, -0.1) is 0 Å². The fourth-order valence-electron chi connectivity index (χ4n) is 1.55. The summed E-state index contributed by atoms with van der Waals surface area (Å²) in [6.07, 6.45) is -0.0244. The molecule has 0 spiro atoms. The molecule has 22 heavy (non-hydrogen) atoms. The van der Waals surface area contributed by atoms with Gasteiger partial charge >= 0.3 is 5.97 Å². The van der Waals surface area contributed by atoms with Crippen molar-refractivity contribution in [1.29, 1.82) is 0 Å². The van der Waals surface area contributed by atoms with Crippen LogP contribution in [0.1, 0.15) is 19.8 Å². The van der Waals surface area contributed by atoms with E-state index >= 15 is 0 Å². The molecule has 1 rings (SSSR count). The van der Waals surface area contributed by atoms with Crippen LogP contribution in [-0.2, 0) is 19.1 Å². The van der Waals surface area contributed by atoms with E-state index < -0.39 is 5.97 Å². The molecule has 0 aliphatic carbocycles. The van der Waals surface area contributed by atoms with E-state index in [1.807, 2.05) is 0 Å². The molecule has 0 saturated carbocycles. The van der Waals surface area contributed by atoms with Crippen molar-refractivity contribution in [2.24, 2.45) is 0 Å². The summed E-state index contributed by atoms with van der Waals surface area (Å²) >= 11 is 5.01. The van der Waals surface area contributed by atoms with Crippen molar-refractivity contribution in [2.45, 2.75) is 19.8 Å². The lowest BCUT2D eigenvalue weighted by Crippen LogP contribution is -2.34. The molecule has 7 nitrogen and oxygen atoms in total. The van der Waals surface area contributed by atoms with Crippen molar-refractivity contribution in [3.63, 3.8) is 0 Å². The first-order chi connectivity index (χ1) is 10.4. The van der Waals surface area contributed by atoms with Crippen LogP contribution in [0.25, 0.3) is 0 Å². The Bertz CT molecular complexity index is 589. The number of benzene rings is 1. The van der Waals surface area contributed by atoms with Gasteiger partial charge in [-0.2, -0.15) is 0 Å². The molecule has 0 saturated heterocycles. The Kier molecular flexibility index (Phi) is 6.97. The molecule has 0 aliphatic rings. The maximum Gasteiger partial charge on any atom is 0.306 e. The van der Waals surface area contributed by atoms with E-state index in [1.165, 1.54) is 14.0 Å². The third kappa shape index (κ3) is 6.80. The van der Waals surface area contributed by atoms with Crippen molar-refractivity contribution in [2.75, 3.05) is 17.7 Å². The third-order valence-electron chi connectivity index (χ3n) is 2.48. The van der Waals surface area contributed by atoms with Gasteiger partial charge in [0.25, 0.3) is 0 Å². The Balaban J connectivity index is 2.49. The van der Waals surface area contributed by atoms with Crippen LogP contribution in [0.5, 0.6) is 0 Å². The normalized spacial score (nSPS) is 9.55. The summed E-state index contributed by atoms with van der Waals surface area (Å²) in [6.45, 7) is 1.41. The molecule has 0 atom stereocenters. The van der Waals surface area contributed by atoms with E-state index in [0.717, 1.165) is 0 Å². The van der Waals surface area contributed by atoms with E-state index in [1.54, 1.807) is 24.3 Å². The zero-order valence-electron chi connectivity index (χ0n) is 12.3. The van der Waals surface area contributed by atoms with Crippen LogP contribution >= 0.6 is 12.2 Å². The summed E-state index contributed by atoms with van der Waals surface area (Å²) in [5, 5.41) is 8.02. The zero-order valence-corrected chi connectivity index (χ0v) is 13.1. The molecule has 0 heterocycles. The number of carbonyl (C=O) groups is 3. The van der Waals surface area contributed by atoms with Gasteiger partial charge in [-0.25, -0.2) is 0 Å². The zero-order chi connectivity index (χ0) is 16.5. The number of anilines is 2. The Hall–Kier alpha value is -2.48. The average Bonchev–Trinajstić information content (AvgIpc) is 2.44. The van der Waals surface area contributed by atoms with Gasteiger partial charge in [0.15, 0.2) is 5.11 Å². The van der Waals surface area contributed by atoms with E-state index in [4.69, 9.17) is 12.2 Å². The minimum atomic E-state index is -0.461. The summed E-state index contributed by atoms with van der Waals surface area (Å²) in [7, 11) is 1.26. The molecule has 0 unspecified atom stereocenters. The average molecular weight is 323 g/mol. The Labute approximate surface area is 133 Å². The monoisotopic (exact) mass is 323 g/mol. The van der Waals surface area contributed by atoms with Crippen LogP contribution in [0.4, 0.5) is 11.4 Å². The first-order valence-electron chi connectivity index (χ1n) is 6.46. The van der Waals surface area contributed by atoms with Gasteiger partial charge in [0.05, 0.1) is 13.5 Å². The van der Waals surface area contributed by atoms with Crippen molar-refractivity contribution in [1.82, 2.24) is 5.32 Å². The topological polar surface area (TPSA) is 96.5 Å². The number of methoxy groups -OCH3 is 1. The van der Waals surface area contributed by atoms with Gasteiger partial charge in [-0.3, -0.25) is 14.4 Å². The highest BCUT2D eigenvalue weighted by molar-refractivity contribution is 7.80. The van der Waals surface area contributed by atoms with Crippen molar-refractivity contribution in [3.8, 4) is 0 Å². The highest BCUT2D eigenvalue weighted by Crippen LogP contribution is 2.14. The molecule has 8 heteroatoms. The molecule has 3 N–H and O–H groups in total. The highest BCUT2D eigenvalue weighted by Gasteiger charge is 2.08. The Morgan fingerprint density at radius 1 is 1.14 bits per heavy atom. The predicted octanol–water partition coefficient (Wildman–Crippen LogP) is 1.41. The second-order valence-electron chi connectivity index (χ2n) is 4.34.